The maximum Gasteiger partial charge on any atom is 0.259 e. The van der Waals surface area contributed by atoms with Crippen molar-refractivity contribution in [3.05, 3.63) is 41.5 Å². The fraction of sp³-hybridized carbons (Fsp3) is 0.444. The van der Waals surface area contributed by atoms with Crippen molar-refractivity contribution in [3.8, 4) is 11.5 Å². The minimum atomic E-state index is -0.0262. The van der Waals surface area contributed by atoms with Gasteiger partial charge in [0.05, 0.1) is 11.9 Å². The summed E-state index contributed by atoms with van der Waals surface area (Å²) in [6, 6.07) is 0. The molecule has 3 aromatic rings. The molecule has 0 saturated carbocycles. The highest BCUT2D eigenvalue weighted by Gasteiger charge is 2.29. The molecule has 0 aromatic carbocycles. The summed E-state index contributed by atoms with van der Waals surface area (Å²) in [5, 5.41) is 7.86. The number of hydrogen-bond donors (Lipinski definition) is 0. The zero-order valence-corrected chi connectivity index (χ0v) is 15.3. The number of likely N-dealkylation sites (tertiary alicyclic amines) is 1. The molecule has 9 heteroatoms. The molecule has 1 atom stereocenters. The summed E-state index contributed by atoms with van der Waals surface area (Å²) in [6.07, 6.45) is 7.35. The summed E-state index contributed by atoms with van der Waals surface area (Å²) < 4.78 is 10.5. The average Bonchev–Trinajstić information content (AvgIpc) is 3.29. The van der Waals surface area contributed by atoms with Crippen molar-refractivity contribution in [1.82, 2.24) is 30.2 Å². The topological polar surface area (TPSA) is 111 Å². The zero-order valence-electron chi connectivity index (χ0n) is 15.3. The quantitative estimate of drug-likeness (QED) is 0.689. The molecule has 1 fully saturated rings. The van der Waals surface area contributed by atoms with E-state index in [0.29, 0.717) is 47.4 Å². The zero-order chi connectivity index (χ0) is 18.8. The van der Waals surface area contributed by atoms with Crippen molar-refractivity contribution in [2.75, 3.05) is 13.1 Å². The second-order valence-electron chi connectivity index (χ2n) is 6.77. The van der Waals surface area contributed by atoms with Gasteiger partial charge in [0.1, 0.15) is 17.0 Å². The lowest BCUT2D eigenvalue weighted by Crippen LogP contribution is -2.40. The SMILES string of the molecule is Cc1noc(C)c1C(=O)N1CCCC(Cc2nc(-c3cnccn3)no2)C1. The van der Waals surface area contributed by atoms with Crippen LogP contribution >= 0.6 is 0 Å². The molecule has 0 aliphatic carbocycles. The van der Waals surface area contributed by atoms with Gasteiger partial charge in [0.2, 0.25) is 11.7 Å². The Kier molecular flexibility index (Phi) is 4.66. The highest BCUT2D eigenvalue weighted by atomic mass is 16.5. The van der Waals surface area contributed by atoms with E-state index in [4.69, 9.17) is 9.05 Å². The summed E-state index contributed by atoms with van der Waals surface area (Å²) in [4.78, 5) is 27.3. The van der Waals surface area contributed by atoms with Gasteiger partial charge in [-0.25, -0.2) is 4.98 Å². The van der Waals surface area contributed by atoms with Crippen molar-refractivity contribution in [3.63, 3.8) is 0 Å². The lowest BCUT2D eigenvalue weighted by Gasteiger charge is -2.32. The van der Waals surface area contributed by atoms with E-state index in [-0.39, 0.29) is 11.8 Å². The molecule has 9 nitrogen and oxygen atoms in total. The standard InChI is InChI=1S/C18H20N6O3/c1-11-16(12(2)26-22-11)18(25)24-7-3-4-13(10-24)8-15-21-17(23-27-15)14-9-19-5-6-20-14/h5-6,9,13H,3-4,7-8,10H2,1-2H3. The van der Waals surface area contributed by atoms with Crippen LogP contribution in [-0.4, -0.2) is 49.2 Å². The Hall–Kier alpha value is -3.10. The van der Waals surface area contributed by atoms with Crippen molar-refractivity contribution < 1.29 is 13.8 Å². The number of carbonyl (C=O) groups is 1. The average molecular weight is 368 g/mol. The number of rotatable bonds is 4. The minimum Gasteiger partial charge on any atom is -0.361 e. The van der Waals surface area contributed by atoms with Gasteiger partial charge >= 0.3 is 0 Å². The number of piperidine rings is 1. The molecule has 4 heterocycles. The van der Waals surface area contributed by atoms with Crippen LogP contribution < -0.4 is 0 Å². The van der Waals surface area contributed by atoms with Crippen LogP contribution in [0.4, 0.5) is 0 Å². The molecule has 1 aliphatic heterocycles. The Morgan fingerprint density at radius 3 is 2.89 bits per heavy atom. The largest absolute Gasteiger partial charge is 0.361 e. The normalized spacial score (nSPS) is 17.3. The number of nitrogens with zero attached hydrogens (tertiary/aromatic N) is 6. The van der Waals surface area contributed by atoms with Crippen molar-refractivity contribution >= 4 is 5.91 Å². The molecule has 4 rings (SSSR count). The summed E-state index contributed by atoms with van der Waals surface area (Å²) in [6.45, 7) is 4.93. The summed E-state index contributed by atoms with van der Waals surface area (Å²) in [5.74, 6) is 1.77. The molecule has 140 valence electrons. The van der Waals surface area contributed by atoms with Gasteiger partial charge in [-0.2, -0.15) is 4.98 Å². The van der Waals surface area contributed by atoms with E-state index in [9.17, 15) is 4.79 Å². The molecule has 1 aliphatic rings. The molecule has 1 unspecified atom stereocenters. The van der Waals surface area contributed by atoms with Crippen LogP contribution in [0.15, 0.2) is 27.6 Å². The van der Waals surface area contributed by atoms with Crippen LogP contribution in [0.5, 0.6) is 0 Å². The third kappa shape index (κ3) is 3.57. The van der Waals surface area contributed by atoms with Gasteiger partial charge in [-0.15, -0.1) is 0 Å². The third-order valence-electron chi connectivity index (χ3n) is 4.78. The first-order valence-corrected chi connectivity index (χ1v) is 8.93. The lowest BCUT2D eigenvalue weighted by molar-refractivity contribution is 0.0665. The van der Waals surface area contributed by atoms with Gasteiger partial charge in [-0.3, -0.25) is 9.78 Å². The van der Waals surface area contributed by atoms with E-state index in [2.05, 4.69) is 25.3 Å². The lowest BCUT2D eigenvalue weighted by atomic mass is 9.94. The number of carbonyl (C=O) groups excluding carboxylic acids is 1. The van der Waals surface area contributed by atoms with Crippen molar-refractivity contribution in [1.29, 1.82) is 0 Å². The molecule has 0 radical (unpaired) electrons. The van der Waals surface area contributed by atoms with E-state index < -0.39 is 0 Å². The predicted octanol–water partition coefficient (Wildman–Crippen LogP) is 2.23. The van der Waals surface area contributed by atoms with Crippen molar-refractivity contribution in [2.45, 2.75) is 33.1 Å². The van der Waals surface area contributed by atoms with E-state index >= 15 is 0 Å². The number of hydrogen-bond acceptors (Lipinski definition) is 8. The molecular weight excluding hydrogens is 348 g/mol. The Bertz CT molecular complexity index is 916. The summed E-state index contributed by atoms with van der Waals surface area (Å²) in [7, 11) is 0. The van der Waals surface area contributed by atoms with Gasteiger partial charge in [-0.1, -0.05) is 10.3 Å². The Labute approximate surface area is 155 Å². The number of aryl methyl sites for hydroxylation is 2. The van der Waals surface area contributed by atoms with Gasteiger partial charge < -0.3 is 13.9 Å². The molecule has 1 amide bonds. The second-order valence-corrected chi connectivity index (χ2v) is 6.77. The van der Waals surface area contributed by atoms with E-state index in [1.165, 1.54) is 0 Å². The van der Waals surface area contributed by atoms with Gasteiger partial charge in [0, 0.05) is 31.9 Å². The Morgan fingerprint density at radius 2 is 2.15 bits per heavy atom. The first-order chi connectivity index (χ1) is 13.1. The van der Waals surface area contributed by atoms with Crippen LogP contribution in [0, 0.1) is 19.8 Å². The third-order valence-corrected chi connectivity index (χ3v) is 4.78. The second kappa shape index (κ2) is 7.26. The van der Waals surface area contributed by atoms with Gasteiger partial charge in [0.25, 0.3) is 5.91 Å². The predicted molar refractivity (Wildman–Crippen MR) is 93.6 cm³/mol. The molecule has 0 spiro atoms. The number of amides is 1. The summed E-state index contributed by atoms with van der Waals surface area (Å²) in [5.41, 5.74) is 1.77. The fourth-order valence-corrected chi connectivity index (χ4v) is 3.47. The maximum atomic E-state index is 12.8. The Balaban J connectivity index is 1.43. The van der Waals surface area contributed by atoms with Crippen LogP contribution in [0.1, 0.15) is 40.5 Å². The van der Waals surface area contributed by atoms with Crippen LogP contribution in [0.3, 0.4) is 0 Å². The van der Waals surface area contributed by atoms with Crippen LogP contribution in [-0.2, 0) is 6.42 Å². The minimum absolute atomic E-state index is 0.0262. The number of aromatic nitrogens is 5. The van der Waals surface area contributed by atoms with Crippen LogP contribution in [0.25, 0.3) is 11.5 Å². The molecule has 3 aromatic heterocycles. The molecule has 27 heavy (non-hydrogen) atoms. The molecule has 1 saturated heterocycles. The fourth-order valence-electron chi connectivity index (χ4n) is 3.47. The molecule has 0 N–H and O–H groups in total. The Morgan fingerprint density at radius 1 is 1.26 bits per heavy atom. The monoisotopic (exact) mass is 368 g/mol. The first kappa shape index (κ1) is 17.3. The molecular formula is C18H20N6O3. The highest BCUT2D eigenvalue weighted by molar-refractivity contribution is 5.96. The van der Waals surface area contributed by atoms with E-state index in [1.807, 2.05) is 4.90 Å². The smallest absolute Gasteiger partial charge is 0.259 e. The van der Waals surface area contributed by atoms with Crippen LogP contribution in [0.2, 0.25) is 0 Å². The van der Waals surface area contributed by atoms with E-state index in [1.54, 1.807) is 32.4 Å². The summed E-state index contributed by atoms with van der Waals surface area (Å²) >= 11 is 0. The van der Waals surface area contributed by atoms with E-state index in [0.717, 1.165) is 19.4 Å². The van der Waals surface area contributed by atoms with Gasteiger partial charge in [-0.05, 0) is 32.6 Å². The van der Waals surface area contributed by atoms with Crippen molar-refractivity contribution in [2.24, 2.45) is 5.92 Å². The highest BCUT2D eigenvalue weighted by Crippen LogP contribution is 2.24. The first-order valence-electron chi connectivity index (χ1n) is 8.93. The van der Waals surface area contributed by atoms with Gasteiger partial charge in [0.15, 0.2) is 0 Å². The molecule has 0 bridgehead atoms. The maximum absolute atomic E-state index is 12.8.